The topological polar surface area (TPSA) is 88.4 Å². The Balaban J connectivity index is 1.49. The molecule has 10 heteroatoms. The molecule has 1 saturated heterocycles. The van der Waals surface area contributed by atoms with E-state index in [0.717, 1.165) is 30.1 Å². The maximum Gasteiger partial charge on any atom is 0.329 e. The second-order valence-electron chi connectivity index (χ2n) is 8.29. The smallest absolute Gasteiger partial charge is 0.329 e. The minimum Gasteiger partial charge on any atom is -0.497 e. The number of rotatable bonds is 5. The van der Waals surface area contributed by atoms with E-state index in [1.54, 1.807) is 26.3 Å². The van der Waals surface area contributed by atoms with Crippen molar-refractivity contribution in [3.63, 3.8) is 0 Å². The number of aryl methyl sites for hydroxylation is 1. The van der Waals surface area contributed by atoms with Crippen LogP contribution in [0, 0.1) is 5.82 Å². The Hall–Kier alpha value is -4.08. The molecular formula is C24H25FN6O3. The van der Waals surface area contributed by atoms with Crippen LogP contribution in [0.5, 0.6) is 5.75 Å². The summed E-state index contributed by atoms with van der Waals surface area (Å²) in [6.45, 7) is 3.23. The normalized spacial score (nSPS) is 14.1. The van der Waals surface area contributed by atoms with Crippen molar-refractivity contribution in [1.82, 2.24) is 19.1 Å². The van der Waals surface area contributed by atoms with Gasteiger partial charge in [-0.25, -0.2) is 9.18 Å². The number of hydrogen-bond donors (Lipinski definition) is 1. The summed E-state index contributed by atoms with van der Waals surface area (Å²) >= 11 is 0. The van der Waals surface area contributed by atoms with Crippen LogP contribution in [0.4, 0.5) is 16.0 Å². The van der Waals surface area contributed by atoms with Crippen molar-refractivity contribution in [3.05, 3.63) is 80.7 Å². The van der Waals surface area contributed by atoms with E-state index in [2.05, 4.69) is 14.8 Å². The van der Waals surface area contributed by atoms with Gasteiger partial charge in [-0.05, 0) is 42.0 Å². The Labute approximate surface area is 194 Å². The molecule has 0 aliphatic carbocycles. The van der Waals surface area contributed by atoms with Gasteiger partial charge in [-0.1, -0.05) is 12.1 Å². The van der Waals surface area contributed by atoms with Crippen LogP contribution in [0.2, 0.25) is 0 Å². The lowest BCUT2D eigenvalue weighted by Gasteiger charge is -2.36. The van der Waals surface area contributed by atoms with E-state index >= 15 is 0 Å². The van der Waals surface area contributed by atoms with Crippen molar-refractivity contribution >= 4 is 22.8 Å². The van der Waals surface area contributed by atoms with Gasteiger partial charge >= 0.3 is 5.69 Å². The predicted molar refractivity (Wildman–Crippen MR) is 129 cm³/mol. The average Bonchev–Trinajstić information content (AvgIpc) is 3.24. The van der Waals surface area contributed by atoms with Gasteiger partial charge in [0, 0.05) is 38.9 Å². The molecule has 0 atom stereocenters. The lowest BCUT2D eigenvalue weighted by Crippen LogP contribution is -2.47. The van der Waals surface area contributed by atoms with Gasteiger partial charge in [0.2, 0.25) is 5.95 Å². The number of aromatic nitrogens is 4. The summed E-state index contributed by atoms with van der Waals surface area (Å²) in [5, 5.41) is 0. The summed E-state index contributed by atoms with van der Waals surface area (Å²) in [6.07, 6.45) is 0. The van der Waals surface area contributed by atoms with Crippen LogP contribution < -0.4 is 25.8 Å². The fourth-order valence-corrected chi connectivity index (χ4v) is 4.34. The number of methoxy groups -OCH3 is 1. The third-order valence-electron chi connectivity index (χ3n) is 6.24. The Morgan fingerprint density at radius 3 is 2.26 bits per heavy atom. The van der Waals surface area contributed by atoms with Gasteiger partial charge in [0.15, 0.2) is 11.2 Å². The number of fused-ring (bicyclic) bond motifs is 1. The molecule has 34 heavy (non-hydrogen) atoms. The molecule has 2 aromatic heterocycles. The largest absolute Gasteiger partial charge is 0.497 e. The highest BCUT2D eigenvalue weighted by molar-refractivity contribution is 5.74. The lowest BCUT2D eigenvalue weighted by atomic mass is 10.2. The van der Waals surface area contributed by atoms with Crippen molar-refractivity contribution in [2.75, 3.05) is 43.1 Å². The molecule has 9 nitrogen and oxygen atoms in total. The summed E-state index contributed by atoms with van der Waals surface area (Å²) in [4.78, 5) is 36.4. The first-order valence-corrected chi connectivity index (χ1v) is 11.0. The number of anilines is 2. The number of aromatic amines is 1. The van der Waals surface area contributed by atoms with Gasteiger partial charge in [-0.15, -0.1) is 0 Å². The summed E-state index contributed by atoms with van der Waals surface area (Å²) < 4.78 is 21.8. The van der Waals surface area contributed by atoms with E-state index in [0.29, 0.717) is 36.7 Å². The van der Waals surface area contributed by atoms with Gasteiger partial charge in [0.25, 0.3) is 5.56 Å². The maximum absolute atomic E-state index is 13.4. The number of nitrogens with one attached hydrogen (secondary N) is 1. The molecule has 2 aromatic carbocycles. The third kappa shape index (κ3) is 3.91. The van der Waals surface area contributed by atoms with Crippen LogP contribution in [-0.4, -0.2) is 52.4 Å². The van der Waals surface area contributed by atoms with Crippen molar-refractivity contribution in [1.29, 1.82) is 0 Å². The zero-order valence-electron chi connectivity index (χ0n) is 19.0. The zero-order valence-corrected chi connectivity index (χ0v) is 19.0. The molecule has 0 saturated carbocycles. The van der Waals surface area contributed by atoms with Crippen molar-refractivity contribution < 1.29 is 9.13 Å². The molecule has 0 bridgehead atoms. The molecule has 1 fully saturated rings. The number of imidazole rings is 1. The molecule has 1 aliphatic heterocycles. The average molecular weight is 465 g/mol. The van der Waals surface area contributed by atoms with Crippen LogP contribution in [0.25, 0.3) is 11.2 Å². The zero-order chi connectivity index (χ0) is 23.8. The minimum atomic E-state index is -0.514. The Morgan fingerprint density at radius 2 is 1.62 bits per heavy atom. The Morgan fingerprint density at radius 1 is 0.971 bits per heavy atom. The summed E-state index contributed by atoms with van der Waals surface area (Å²) in [6, 6.07) is 14.1. The first-order chi connectivity index (χ1) is 16.4. The quantitative estimate of drug-likeness (QED) is 0.486. The highest BCUT2D eigenvalue weighted by Gasteiger charge is 2.25. The van der Waals surface area contributed by atoms with E-state index in [9.17, 15) is 14.0 Å². The molecule has 0 unspecified atom stereocenters. The molecular weight excluding hydrogens is 439 g/mol. The van der Waals surface area contributed by atoms with Gasteiger partial charge < -0.3 is 14.5 Å². The van der Waals surface area contributed by atoms with Crippen molar-refractivity contribution in [2.45, 2.75) is 6.54 Å². The monoisotopic (exact) mass is 464 g/mol. The molecule has 0 spiro atoms. The van der Waals surface area contributed by atoms with Crippen LogP contribution in [0.3, 0.4) is 0 Å². The van der Waals surface area contributed by atoms with Crippen LogP contribution >= 0.6 is 0 Å². The number of hydrogen-bond acceptors (Lipinski definition) is 6. The molecule has 3 heterocycles. The fraction of sp³-hybridized carbons (Fsp3) is 0.292. The van der Waals surface area contributed by atoms with Crippen LogP contribution in [-0.2, 0) is 13.6 Å². The molecule has 0 amide bonds. The molecule has 1 aliphatic rings. The predicted octanol–water partition coefficient (Wildman–Crippen LogP) is 1.95. The van der Waals surface area contributed by atoms with E-state index in [1.807, 2.05) is 28.8 Å². The van der Waals surface area contributed by atoms with Crippen LogP contribution in [0.1, 0.15) is 5.56 Å². The number of ether oxygens (including phenoxy) is 1. The second-order valence-corrected chi connectivity index (χ2v) is 8.29. The summed E-state index contributed by atoms with van der Waals surface area (Å²) in [5.41, 5.74) is 1.57. The Bertz CT molecular complexity index is 1430. The minimum absolute atomic E-state index is 0.319. The fourth-order valence-electron chi connectivity index (χ4n) is 4.34. The maximum atomic E-state index is 13.4. The summed E-state index contributed by atoms with van der Waals surface area (Å²) in [7, 11) is 3.23. The number of piperazine rings is 1. The van der Waals surface area contributed by atoms with Crippen LogP contribution in [0.15, 0.2) is 58.1 Å². The molecule has 1 N–H and O–H groups in total. The van der Waals surface area contributed by atoms with Gasteiger partial charge in [-0.3, -0.25) is 18.9 Å². The third-order valence-corrected chi connectivity index (χ3v) is 6.24. The highest BCUT2D eigenvalue weighted by Crippen LogP contribution is 2.25. The summed E-state index contributed by atoms with van der Waals surface area (Å²) in [5.74, 6) is 1.10. The SMILES string of the molecule is COc1ccc(N2CCN(c3nc4c(c(=O)[nH]c(=O)n4C)n3Cc3ccc(F)cc3)CC2)cc1. The van der Waals surface area contributed by atoms with Crippen molar-refractivity contribution in [2.24, 2.45) is 7.05 Å². The molecule has 0 radical (unpaired) electrons. The van der Waals surface area contributed by atoms with Crippen molar-refractivity contribution in [3.8, 4) is 5.75 Å². The van der Waals surface area contributed by atoms with E-state index < -0.39 is 11.2 Å². The van der Waals surface area contributed by atoms with Gasteiger partial charge in [0.1, 0.15) is 11.6 Å². The first-order valence-electron chi connectivity index (χ1n) is 11.0. The lowest BCUT2D eigenvalue weighted by molar-refractivity contribution is 0.415. The molecule has 4 aromatic rings. The number of H-pyrrole nitrogens is 1. The standard InChI is InChI=1S/C24H25FN6O3/c1-28-21-20(22(32)27-24(28)33)31(15-16-3-5-17(25)6-4-16)23(26-21)30-13-11-29(12-14-30)18-7-9-19(34-2)10-8-18/h3-10H,11-15H2,1-2H3,(H,27,32,33). The Kier molecular flexibility index (Phi) is 5.56. The molecule has 176 valence electrons. The highest BCUT2D eigenvalue weighted by atomic mass is 19.1. The number of halogens is 1. The van der Waals surface area contributed by atoms with E-state index in [4.69, 9.17) is 9.72 Å². The molecule has 5 rings (SSSR count). The van der Waals surface area contributed by atoms with E-state index in [1.165, 1.54) is 16.7 Å². The van der Waals surface area contributed by atoms with Gasteiger partial charge in [0.05, 0.1) is 13.7 Å². The first kappa shape index (κ1) is 21.7. The van der Waals surface area contributed by atoms with Gasteiger partial charge in [-0.2, -0.15) is 4.98 Å². The van der Waals surface area contributed by atoms with E-state index in [-0.39, 0.29) is 5.82 Å². The number of benzene rings is 2. The second kappa shape index (κ2) is 8.69. The number of nitrogens with zero attached hydrogens (tertiary/aromatic N) is 5.